The van der Waals surface area contributed by atoms with Crippen molar-refractivity contribution in [1.82, 2.24) is 4.98 Å². The molecule has 0 aliphatic heterocycles. The van der Waals surface area contributed by atoms with Crippen LogP contribution in [0.5, 0.6) is 0 Å². The Morgan fingerprint density at radius 1 is 1.00 bits per heavy atom. The van der Waals surface area contributed by atoms with Crippen molar-refractivity contribution in [2.75, 3.05) is 0 Å². The second-order valence-electron chi connectivity index (χ2n) is 6.20. The second kappa shape index (κ2) is 7.81. The predicted molar refractivity (Wildman–Crippen MR) is 110 cm³/mol. The number of fused-ring (bicyclic) bond motifs is 1. The van der Waals surface area contributed by atoms with Gasteiger partial charge in [-0.25, -0.2) is 9.78 Å². The predicted octanol–water partition coefficient (Wildman–Crippen LogP) is 5.51. The molecule has 6 nitrogen and oxygen atoms in total. The third-order valence-electron chi connectivity index (χ3n) is 4.16. The van der Waals surface area contributed by atoms with E-state index in [2.05, 4.69) is 4.98 Å². The first-order valence-electron chi connectivity index (χ1n) is 8.69. The molecule has 0 radical (unpaired) electrons. The van der Waals surface area contributed by atoms with Crippen LogP contribution in [-0.2, 0) is 4.79 Å². The summed E-state index contributed by atoms with van der Waals surface area (Å²) in [6.07, 6.45) is 1.43. The fourth-order valence-electron chi connectivity index (χ4n) is 2.71. The number of furan rings is 1. The van der Waals surface area contributed by atoms with Gasteiger partial charge in [-0.05, 0) is 43.0 Å². The number of aromatic nitrogens is 1. The number of carboxylic acid groups (broad SMARTS) is 1. The van der Waals surface area contributed by atoms with Gasteiger partial charge in [-0.3, -0.25) is 4.79 Å². The van der Waals surface area contributed by atoms with Crippen LogP contribution in [0.15, 0.2) is 79.6 Å². The Bertz CT molecular complexity index is 1200. The molecular weight excluding hydrogens is 390 g/mol. The zero-order valence-corrected chi connectivity index (χ0v) is 16.1. The molecule has 2 heterocycles. The number of ketones is 1. The van der Waals surface area contributed by atoms with Gasteiger partial charge in [-0.1, -0.05) is 36.4 Å². The van der Waals surface area contributed by atoms with E-state index in [1.54, 1.807) is 48.5 Å². The molecule has 0 amide bonds. The molecule has 144 valence electrons. The molecule has 0 aliphatic rings. The highest BCUT2D eigenvalue weighted by Gasteiger charge is 2.16. The molecule has 0 saturated carbocycles. The molecule has 0 fully saturated rings. The summed E-state index contributed by atoms with van der Waals surface area (Å²) in [7, 11) is 0. The SMILES string of the molecule is CC(=O)c1ccc(-c2ccc(/C=C(/Sc3nc4ccccc4o3)C(=O)O)o2)cc1. The van der Waals surface area contributed by atoms with Crippen LogP contribution in [-0.4, -0.2) is 21.8 Å². The molecule has 7 heteroatoms. The van der Waals surface area contributed by atoms with Crippen LogP contribution in [0.4, 0.5) is 0 Å². The van der Waals surface area contributed by atoms with E-state index in [4.69, 9.17) is 8.83 Å². The number of para-hydroxylation sites is 2. The minimum Gasteiger partial charge on any atom is -0.477 e. The van der Waals surface area contributed by atoms with Crippen LogP contribution in [0.3, 0.4) is 0 Å². The number of hydrogen-bond donors (Lipinski definition) is 1. The van der Waals surface area contributed by atoms with E-state index in [0.717, 1.165) is 17.3 Å². The number of hydrogen-bond acceptors (Lipinski definition) is 6. The average Bonchev–Trinajstić information content (AvgIpc) is 3.34. The van der Waals surface area contributed by atoms with E-state index in [1.807, 2.05) is 12.1 Å². The summed E-state index contributed by atoms with van der Waals surface area (Å²) in [4.78, 5) is 27.4. The minimum absolute atomic E-state index is 0.0121. The second-order valence-corrected chi connectivity index (χ2v) is 7.19. The minimum atomic E-state index is -1.11. The summed E-state index contributed by atoms with van der Waals surface area (Å²) in [5, 5.41) is 9.79. The molecule has 2 aromatic heterocycles. The Labute approximate surface area is 169 Å². The zero-order valence-electron chi connectivity index (χ0n) is 15.3. The maximum Gasteiger partial charge on any atom is 0.342 e. The van der Waals surface area contributed by atoms with E-state index >= 15 is 0 Å². The third kappa shape index (κ3) is 4.14. The molecule has 29 heavy (non-hydrogen) atoms. The van der Waals surface area contributed by atoms with Gasteiger partial charge in [-0.15, -0.1) is 0 Å². The maximum atomic E-state index is 11.7. The highest BCUT2D eigenvalue weighted by molar-refractivity contribution is 8.03. The average molecular weight is 405 g/mol. The number of carbonyl (C=O) groups excluding carboxylic acids is 1. The van der Waals surface area contributed by atoms with Crippen molar-refractivity contribution in [1.29, 1.82) is 0 Å². The van der Waals surface area contributed by atoms with Gasteiger partial charge in [0.05, 0.1) is 0 Å². The lowest BCUT2D eigenvalue weighted by molar-refractivity contribution is -0.131. The number of rotatable bonds is 6. The van der Waals surface area contributed by atoms with Crippen LogP contribution in [0.1, 0.15) is 23.0 Å². The number of carbonyl (C=O) groups is 2. The number of thioether (sulfide) groups is 1. The third-order valence-corrected chi connectivity index (χ3v) is 5.02. The van der Waals surface area contributed by atoms with Crippen LogP contribution >= 0.6 is 11.8 Å². The van der Waals surface area contributed by atoms with Gasteiger partial charge in [0.25, 0.3) is 5.22 Å². The van der Waals surface area contributed by atoms with Crippen LogP contribution in [0, 0.1) is 0 Å². The summed E-state index contributed by atoms with van der Waals surface area (Å²) < 4.78 is 11.3. The van der Waals surface area contributed by atoms with Crippen molar-refractivity contribution in [3.05, 3.63) is 76.9 Å². The van der Waals surface area contributed by atoms with Gasteiger partial charge < -0.3 is 13.9 Å². The summed E-state index contributed by atoms with van der Waals surface area (Å²) >= 11 is 0.914. The molecule has 0 atom stereocenters. The van der Waals surface area contributed by atoms with Crippen molar-refractivity contribution in [2.24, 2.45) is 0 Å². The van der Waals surface area contributed by atoms with Crippen molar-refractivity contribution in [3.63, 3.8) is 0 Å². The lowest BCUT2D eigenvalue weighted by Gasteiger charge is -1.99. The highest BCUT2D eigenvalue weighted by Crippen LogP contribution is 2.32. The fourth-order valence-corrected chi connectivity index (χ4v) is 3.43. The Balaban J connectivity index is 1.59. The monoisotopic (exact) mass is 405 g/mol. The summed E-state index contributed by atoms with van der Waals surface area (Å²) in [6, 6.07) is 17.7. The van der Waals surface area contributed by atoms with Crippen LogP contribution in [0.2, 0.25) is 0 Å². The number of carboxylic acids is 1. The summed E-state index contributed by atoms with van der Waals surface area (Å²) in [5.74, 6) is -0.164. The van der Waals surface area contributed by atoms with Crippen molar-refractivity contribution < 1.29 is 23.5 Å². The van der Waals surface area contributed by atoms with Gasteiger partial charge in [0.1, 0.15) is 21.9 Å². The smallest absolute Gasteiger partial charge is 0.342 e. The number of oxazole rings is 1. The van der Waals surface area contributed by atoms with Crippen molar-refractivity contribution in [2.45, 2.75) is 12.1 Å². The number of aliphatic carboxylic acids is 1. The zero-order chi connectivity index (χ0) is 20.4. The van der Waals surface area contributed by atoms with Crippen molar-refractivity contribution >= 4 is 40.7 Å². The van der Waals surface area contributed by atoms with E-state index < -0.39 is 5.97 Å². The molecular formula is C22H15NO5S. The first-order valence-corrected chi connectivity index (χ1v) is 9.51. The first kappa shape index (κ1) is 18.8. The molecule has 4 aromatic rings. The van der Waals surface area contributed by atoms with Gasteiger partial charge >= 0.3 is 5.97 Å². The number of nitrogens with zero attached hydrogens (tertiary/aromatic N) is 1. The van der Waals surface area contributed by atoms with Gasteiger partial charge in [0.15, 0.2) is 11.4 Å². The molecule has 0 bridgehead atoms. The standard InChI is InChI=1S/C22H15NO5S/c1-13(24)14-6-8-15(9-7-14)18-11-10-16(27-18)12-20(21(25)26)29-22-23-17-4-2-3-5-19(17)28-22/h2-12H,1H3,(H,25,26)/b20-12+. The summed E-state index contributed by atoms with van der Waals surface area (Å²) in [6.45, 7) is 1.51. The number of Topliss-reactive ketones (excluding diaryl/α,β-unsaturated/α-hetero) is 1. The Kier molecular flexibility index (Phi) is 5.05. The molecule has 4 rings (SSSR count). The van der Waals surface area contributed by atoms with E-state index in [0.29, 0.717) is 28.2 Å². The molecule has 1 N–H and O–H groups in total. The molecule has 0 unspecified atom stereocenters. The topological polar surface area (TPSA) is 93.5 Å². The Morgan fingerprint density at radius 2 is 1.76 bits per heavy atom. The first-order chi connectivity index (χ1) is 14.0. The highest BCUT2D eigenvalue weighted by atomic mass is 32.2. The fraction of sp³-hybridized carbons (Fsp3) is 0.0455. The lowest BCUT2D eigenvalue weighted by Crippen LogP contribution is -1.96. The molecule has 0 aliphatic carbocycles. The van der Waals surface area contributed by atoms with E-state index in [9.17, 15) is 14.7 Å². The Hall–Kier alpha value is -3.58. The van der Waals surface area contributed by atoms with Crippen molar-refractivity contribution in [3.8, 4) is 11.3 Å². The van der Waals surface area contributed by atoms with Gasteiger partial charge in [0.2, 0.25) is 0 Å². The molecule has 2 aromatic carbocycles. The van der Waals surface area contributed by atoms with E-state index in [-0.39, 0.29) is 15.9 Å². The maximum absolute atomic E-state index is 11.7. The normalized spacial score (nSPS) is 11.7. The molecule has 0 saturated heterocycles. The van der Waals surface area contributed by atoms with E-state index in [1.165, 1.54) is 13.0 Å². The lowest BCUT2D eigenvalue weighted by atomic mass is 10.1. The van der Waals surface area contributed by atoms with Gasteiger partial charge in [-0.2, -0.15) is 0 Å². The van der Waals surface area contributed by atoms with Crippen LogP contribution < -0.4 is 0 Å². The number of benzene rings is 2. The summed E-state index contributed by atoms with van der Waals surface area (Å²) in [5.41, 5.74) is 2.66. The van der Waals surface area contributed by atoms with Gasteiger partial charge in [0, 0.05) is 17.2 Å². The molecule has 0 spiro atoms. The van der Waals surface area contributed by atoms with Crippen LogP contribution in [0.25, 0.3) is 28.5 Å². The Morgan fingerprint density at radius 3 is 2.45 bits per heavy atom. The largest absolute Gasteiger partial charge is 0.477 e. The quantitative estimate of drug-likeness (QED) is 0.257.